The van der Waals surface area contributed by atoms with Gasteiger partial charge in [0.1, 0.15) is 5.65 Å². The molecule has 0 aliphatic rings. The summed E-state index contributed by atoms with van der Waals surface area (Å²) < 4.78 is 1.56. The van der Waals surface area contributed by atoms with E-state index in [9.17, 15) is 4.79 Å². The first-order valence-corrected chi connectivity index (χ1v) is 10.0. The van der Waals surface area contributed by atoms with Crippen LogP contribution < -0.4 is 5.56 Å². The molecule has 27 heavy (non-hydrogen) atoms. The molecule has 5 heteroatoms. The maximum Gasteiger partial charge on any atom is 0.258 e. The molecule has 0 aliphatic heterocycles. The second kappa shape index (κ2) is 7.99. The van der Waals surface area contributed by atoms with Crippen LogP contribution in [-0.4, -0.2) is 9.38 Å². The molecule has 4 rings (SSSR count). The molecule has 0 fully saturated rings. The lowest BCUT2D eigenvalue weighted by Crippen LogP contribution is -2.14. The van der Waals surface area contributed by atoms with E-state index in [-0.39, 0.29) is 10.8 Å². The third-order valence-corrected chi connectivity index (χ3v) is 5.89. The Morgan fingerprint density at radius 2 is 1.63 bits per heavy atom. The Balaban J connectivity index is 1.64. The molecule has 0 saturated carbocycles. The summed E-state index contributed by atoms with van der Waals surface area (Å²) in [4.78, 5) is 17.0. The van der Waals surface area contributed by atoms with Gasteiger partial charge in [-0.2, -0.15) is 0 Å². The molecule has 134 valence electrons. The molecule has 0 saturated heterocycles. The van der Waals surface area contributed by atoms with Crippen LogP contribution in [0.3, 0.4) is 0 Å². The highest BCUT2D eigenvalue weighted by atomic mass is 35.5. The maximum absolute atomic E-state index is 12.3. The first kappa shape index (κ1) is 17.8. The number of nitrogens with zero attached hydrogens (tertiary/aromatic N) is 2. The highest BCUT2D eigenvalue weighted by molar-refractivity contribution is 7.98. The van der Waals surface area contributed by atoms with Crippen molar-refractivity contribution in [1.82, 2.24) is 9.38 Å². The van der Waals surface area contributed by atoms with Gasteiger partial charge in [-0.1, -0.05) is 60.1 Å². The molecule has 2 aromatic heterocycles. The quantitative estimate of drug-likeness (QED) is 0.458. The van der Waals surface area contributed by atoms with Crippen molar-refractivity contribution in [3.8, 4) is 0 Å². The lowest BCUT2D eigenvalue weighted by atomic mass is 10.0. The van der Waals surface area contributed by atoms with Crippen LogP contribution >= 0.6 is 23.4 Å². The number of pyridine rings is 1. The Labute approximate surface area is 166 Å². The summed E-state index contributed by atoms with van der Waals surface area (Å²) >= 11 is 7.80. The zero-order valence-corrected chi connectivity index (χ0v) is 16.0. The topological polar surface area (TPSA) is 34.4 Å². The Kier molecular flexibility index (Phi) is 5.28. The number of benzene rings is 2. The lowest BCUT2D eigenvalue weighted by molar-refractivity contribution is 1.01. The Hall–Kier alpha value is -2.56. The van der Waals surface area contributed by atoms with Crippen molar-refractivity contribution < 1.29 is 0 Å². The number of rotatable bonds is 5. The van der Waals surface area contributed by atoms with E-state index in [4.69, 9.17) is 11.6 Å². The van der Waals surface area contributed by atoms with Crippen molar-refractivity contribution in [3.63, 3.8) is 0 Å². The van der Waals surface area contributed by atoms with E-state index < -0.39 is 0 Å². The fourth-order valence-corrected chi connectivity index (χ4v) is 4.31. The zero-order valence-electron chi connectivity index (χ0n) is 14.5. The smallest absolute Gasteiger partial charge is 0.258 e. The van der Waals surface area contributed by atoms with Crippen molar-refractivity contribution in [1.29, 1.82) is 0 Å². The predicted molar refractivity (Wildman–Crippen MR) is 112 cm³/mol. The number of hydrogen-bond donors (Lipinski definition) is 0. The molecular weight excluding hydrogens is 376 g/mol. The highest BCUT2D eigenvalue weighted by Gasteiger charge is 2.15. The SMILES string of the molecule is O=c1cc(CS[C@@H](c2ccccc2)c2ccc(Cl)cc2)nc2ccccn12. The molecule has 2 heterocycles. The third kappa shape index (κ3) is 4.07. The Morgan fingerprint density at radius 1 is 0.926 bits per heavy atom. The highest BCUT2D eigenvalue weighted by Crippen LogP contribution is 2.37. The largest absolute Gasteiger partial charge is 0.269 e. The molecule has 0 unspecified atom stereocenters. The first-order valence-electron chi connectivity index (χ1n) is 8.60. The zero-order chi connectivity index (χ0) is 18.6. The van der Waals surface area contributed by atoms with Gasteiger partial charge in [0.2, 0.25) is 0 Å². The van der Waals surface area contributed by atoms with Crippen LogP contribution in [0.4, 0.5) is 0 Å². The molecule has 0 N–H and O–H groups in total. The summed E-state index contributed by atoms with van der Waals surface area (Å²) in [5.74, 6) is 0.642. The van der Waals surface area contributed by atoms with Crippen molar-refractivity contribution in [2.45, 2.75) is 11.0 Å². The first-order chi connectivity index (χ1) is 13.2. The molecule has 0 amide bonds. The second-order valence-electron chi connectivity index (χ2n) is 6.17. The molecule has 2 aromatic carbocycles. The fourth-order valence-electron chi connectivity index (χ4n) is 3.00. The number of thioether (sulfide) groups is 1. The van der Waals surface area contributed by atoms with Gasteiger partial charge in [0, 0.05) is 23.0 Å². The van der Waals surface area contributed by atoms with Gasteiger partial charge in [-0.05, 0) is 35.4 Å². The van der Waals surface area contributed by atoms with Crippen molar-refractivity contribution in [2.75, 3.05) is 0 Å². The molecule has 1 atom stereocenters. The van der Waals surface area contributed by atoms with Crippen molar-refractivity contribution in [3.05, 3.63) is 117 Å². The number of aromatic nitrogens is 2. The Bertz CT molecular complexity index is 1110. The summed E-state index contributed by atoms with van der Waals surface area (Å²) in [6, 6.07) is 25.4. The summed E-state index contributed by atoms with van der Waals surface area (Å²) in [6.45, 7) is 0. The van der Waals surface area contributed by atoms with Gasteiger partial charge in [0.05, 0.1) is 10.9 Å². The van der Waals surface area contributed by atoms with Gasteiger partial charge in [-0.15, -0.1) is 11.8 Å². The molecule has 0 aliphatic carbocycles. The van der Waals surface area contributed by atoms with Gasteiger partial charge >= 0.3 is 0 Å². The summed E-state index contributed by atoms with van der Waals surface area (Å²) in [7, 11) is 0. The molecular formula is C22H17ClN2OS. The van der Waals surface area contributed by atoms with Crippen LogP contribution in [0.25, 0.3) is 5.65 Å². The van der Waals surface area contributed by atoms with E-state index in [1.54, 1.807) is 28.4 Å². The predicted octanol–water partition coefficient (Wildman–Crippen LogP) is 5.37. The van der Waals surface area contributed by atoms with Crippen LogP contribution in [0.5, 0.6) is 0 Å². The maximum atomic E-state index is 12.3. The number of hydrogen-bond acceptors (Lipinski definition) is 3. The monoisotopic (exact) mass is 392 g/mol. The van der Waals surface area contributed by atoms with E-state index >= 15 is 0 Å². The number of halogens is 1. The number of fused-ring (bicyclic) bond motifs is 1. The van der Waals surface area contributed by atoms with Crippen molar-refractivity contribution in [2.24, 2.45) is 0 Å². The molecule has 3 nitrogen and oxygen atoms in total. The minimum absolute atomic E-state index is 0.0565. The van der Waals surface area contributed by atoms with E-state index in [2.05, 4.69) is 29.2 Å². The summed E-state index contributed by atoms with van der Waals surface area (Å²) in [6.07, 6.45) is 1.74. The average Bonchev–Trinajstić information content (AvgIpc) is 2.70. The minimum atomic E-state index is -0.0565. The van der Waals surface area contributed by atoms with Crippen LogP contribution in [0.2, 0.25) is 5.02 Å². The lowest BCUT2D eigenvalue weighted by Gasteiger charge is -2.18. The van der Waals surface area contributed by atoms with E-state index in [0.29, 0.717) is 11.4 Å². The summed E-state index contributed by atoms with van der Waals surface area (Å²) in [5, 5.41) is 0.860. The van der Waals surface area contributed by atoms with Gasteiger partial charge in [0.15, 0.2) is 0 Å². The van der Waals surface area contributed by atoms with E-state index in [0.717, 1.165) is 10.7 Å². The fraction of sp³-hybridized carbons (Fsp3) is 0.0909. The van der Waals surface area contributed by atoms with Crippen LogP contribution in [0.1, 0.15) is 22.1 Å². The normalized spacial score (nSPS) is 12.2. The summed E-state index contributed by atoms with van der Waals surface area (Å²) in [5.41, 5.74) is 3.78. The second-order valence-corrected chi connectivity index (χ2v) is 7.70. The van der Waals surface area contributed by atoms with E-state index in [1.165, 1.54) is 11.1 Å². The van der Waals surface area contributed by atoms with Gasteiger partial charge in [0.25, 0.3) is 5.56 Å². The Morgan fingerprint density at radius 3 is 2.41 bits per heavy atom. The van der Waals surface area contributed by atoms with Gasteiger partial charge in [-0.3, -0.25) is 9.20 Å². The van der Waals surface area contributed by atoms with Crippen LogP contribution in [0, 0.1) is 0 Å². The molecule has 0 bridgehead atoms. The average molecular weight is 393 g/mol. The van der Waals surface area contributed by atoms with Gasteiger partial charge < -0.3 is 0 Å². The molecule has 0 radical (unpaired) electrons. The molecule has 0 spiro atoms. The van der Waals surface area contributed by atoms with Gasteiger partial charge in [-0.25, -0.2) is 4.98 Å². The van der Waals surface area contributed by atoms with Crippen molar-refractivity contribution >= 4 is 29.0 Å². The molecule has 4 aromatic rings. The minimum Gasteiger partial charge on any atom is -0.269 e. The van der Waals surface area contributed by atoms with Crippen LogP contribution in [0.15, 0.2) is 89.9 Å². The standard InChI is InChI=1S/C22H17ClN2OS/c23-18-11-9-17(10-12-18)22(16-6-2-1-3-7-16)27-15-19-14-21(26)25-13-5-4-8-20(25)24-19/h1-14,22H,15H2/t22-/m0/s1. The third-order valence-electron chi connectivity index (χ3n) is 4.30. The van der Waals surface area contributed by atoms with E-state index in [1.807, 2.05) is 48.5 Å². The van der Waals surface area contributed by atoms with Crippen LogP contribution in [-0.2, 0) is 5.75 Å².